The van der Waals surface area contributed by atoms with Gasteiger partial charge < -0.3 is 10.2 Å². The van der Waals surface area contributed by atoms with Gasteiger partial charge in [-0.15, -0.1) is 0 Å². The Hall–Kier alpha value is -2.34. The standard InChI is InChI=1S/C21H23N3O2S/c1-13(2)24-17-10-9-15(23-19(25)14-6-3-4-7-14)12-18(17)27-20-16(21(24)26)8-5-11-22-20/h5,8-14H,3-4,6-7H2,1-2H3,(H,23,25). The van der Waals surface area contributed by atoms with Crippen LogP contribution in [-0.2, 0) is 4.79 Å². The third-order valence-corrected chi connectivity index (χ3v) is 6.22. The minimum Gasteiger partial charge on any atom is -0.326 e. The maximum Gasteiger partial charge on any atom is 0.261 e. The number of amides is 2. The summed E-state index contributed by atoms with van der Waals surface area (Å²) in [7, 11) is 0. The normalized spacial score (nSPS) is 16.9. The van der Waals surface area contributed by atoms with Gasteiger partial charge in [0.25, 0.3) is 5.91 Å². The number of pyridine rings is 1. The minimum absolute atomic E-state index is 0.0157. The number of carbonyl (C=O) groups excluding carboxylic acids is 2. The highest BCUT2D eigenvalue weighted by Gasteiger charge is 2.30. The van der Waals surface area contributed by atoms with Crippen LogP contribution in [0.5, 0.6) is 0 Å². The Morgan fingerprint density at radius 2 is 2.04 bits per heavy atom. The van der Waals surface area contributed by atoms with Gasteiger partial charge in [-0.2, -0.15) is 0 Å². The Morgan fingerprint density at radius 3 is 2.78 bits per heavy atom. The Morgan fingerprint density at radius 1 is 1.26 bits per heavy atom. The Balaban J connectivity index is 1.70. The lowest BCUT2D eigenvalue weighted by atomic mass is 10.1. The summed E-state index contributed by atoms with van der Waals surface area (Å²) in [6.07, 6.45) is 5.91. The van der Waals surface area contributed by atoms with E-state index < -0.39 is 0 Å². The van der Waals surface area contributed by atoms with Gasteiger partial charge in [0, 0.05) is 28.7 Å². The number of rotatable bonds is 3. The largest absolute Gasteiger partial charge is 0.326 e. The molecule has 1 aliphatic carbocycles. The van der Waals surface area contributed by atoms with E-state index in [1.54, 1.807) is 17.2 Å². The summed E-state index contributed by atoms with van der Waals surface area (Å²) >= 11 is 1.48. The van der Waals surface area contributed by atoms with Gasteiger partial charge in [-0.05, 0) is 57.0 Å². The first-order chi connectivity index (χ1) is 13.0. The molecule has 0 bridgehead atoms. The molecule has 1 aromatic carbocycles. The summed E-state index contributed by atoms with van der Waals surface area (Å²) in [5, 5.41) is 3.76. The van der Waals surface area contributed by atoms with E-state index in [2.05, 4.69) is 10.3 Å². The Bertz CT molecular complexity index is 891. The fraction of sp³-hybridized carbons (Fsp3) is 0.381. The number of nitrogens with zero attached hydrogens (tertiary/aromatic N) is 2. The molecule has 0 spiro atoms. The van der Waals surface area contributed by atoms with Crippen molar-refractivity contribution in [3.8, 4) is 0 Å². The lowest BCUT2D eigenvalue weighted by Gasteiger charge is -2.27. The van der Waals surface area contributed by atoms with Crippen LogP contribution in [0.15, 0.2) is 46.5 Å². The predicted molar refractivity (Wildman–Crippen MR) is 107 cm³/mol. The molecule has 1 fully saturated rings. The molecule has 1 aliphatic heterocycles. The van der Waals surface area contributed by atoms with Crippen LogP contribution in [0, 0.1) is 5.92 Å². The van der Waals surface area contributed by atoms with Crippen molar-refractivity contribution < 1.29 is 9.59 Å². The summed E-state index contributed by atoms with van der Waals surface area (Å²) in [4.78, 5) is 32.7. The summed E-state index contributed by atoms with van der Waals surface area (Å²) in [6.45, 7) is 4.01. The number of hydrogen-bond donors (Lipinski definition) is 1. The fourth-order valence-electron chi connectivity index (χ4n) is 3.80. The average molecular weight is 382 g/mol. The lowest BCUT2D eigenvalue weighted by Crippen LogP contribution is -2.37. The van der Waals surface area contributed by atoms with E-state index in [0.29, 0.717) is 10.6 Å². The van der Waals surface area contributed by atoms with Crippen LogP contribution in [0.3, 0.4) is 0 Å². The van der Waals surface area contributed by atoms with Crippen molar-refractivity contribution in [1.82, 2.24) is 4.98 Å². The van der Waals surface area contributed by atoms with Crippen LogP contribution < -0.4 is 10.2 Å². The third-order valence-electron chi connectivity index (χ3n) is 5.16. The van der Waals surface area contributed by atoms with Gasteiger partial charge in [0.15, 0.2) is 0 Å². The number of fused-ring (bicyclic) bond motifs is 2. The highest BCUT2D eigenvalue weighted by Crippen LogP contribution is 2.42. The molecule has 2 heterocycles. The van der Waals surface area contributed by atoms with Gasteiger partial charge in [0.2, 0.25) is 5.91 Å². The van der Waals surface area contributed by atoms with E-state index in [0.717, 1.165) is 42.0 Å². The molecule has 1 N–H and O–H groups in total. The van der Waals surface area contributed by atoms with E-state index in [1.807, 2.05) is 38.1 Å². The van der Waals surface area contributed by atoms with Crippen molar-refractivity contribution in [2.45, 2.75) is 55.5 Å². The fourth-order valence-corrected chi connectivity index (χ4v) is 4.84. The number of hydrogen-bond acceptors (Lipinski definition) is 4. The number of aromatic nitrogens is 1. The number of nitrogens with one attached hydrogen (secondary N) is 1. The summed E-state index contributed by atoms with van der Waals surface area (Å²) < 4.78 is 0. The molecule has 27 heavy (non-hydrogen) atoms. The summed E-state index contributed by atoms with van der Waals surface area (Å²) in [5.41, 5.74) is 2.24. The second-order valence-corrected chi connectivity index (χ2v) is 8.41. The van der Waals surface area contributed by atoms with E-state index in [-0.39, 0.29) is 23.8 Å². The van der Waals surface area contributed by atoms with Crippen molar-refractivity contribution in [3.05, 3.63) is 42.1 Å². The smallest absolute Gasteiger partial charge is 0.261 e. The van der Waals surface area contributed by atoms with Crippen molar-refractivity contribution in [3.63, 3.8) is 0 Å². The van der Waals surface area contributed by atoms with Gasteiger partial charge in [0.05, 0.1) is 11.3 Å². The molecular formula is C21H23N3O2S. The van der Waals surface area contributed by atoms with Gasteiger partial charge in [-0.25, -0.2) is 4.98 Å². The zero-order valence-electron chi connectivity index (χ0n) is 15.6. The zero-order chi connectivity index (χ0) is 19.0. The summed E-state index contributed by atoms with van der Waals surface area (Å²) in [6, 6.07) is 9.40. The molecular weight excluding hydrogens is 358 g/mol. The zero-order valence-corrected chi connectivity index (χ0v) is 16.4. The van der Waals surface area contributed by atoms with Gasteiger partial charge in [0.1, 0.15) is 5.03 Å². The molecule has 0 atom stereocenters. The molecule has 1 aromatic heterocycles. The van der Waals surface area contributed by atoms with Crippen molar-refractivity contribution >= 4 is 35.0 Å². The third kappa shape index (κ3) is 3.46. The van der Waals surface area contributed by atoms with Crippen molar-refractivity contribution in [2.75, 3.05) is 10.2 Å². The molecule has 2 amide bonds. The monoisotopic (exact) mass is 381 g/mol. The number of carbonyl (C=O) groups is 2. The second kappa shape index (κ2) is 7.35. The van der Waals surface area contributed by atoms with Gasteiger partial charge >= 0.3 is 0 Å². The second-order valence-electron chi connectivity index (χ2n) is 7.38. The molecule has 2 aromatic rings. The molecule has 140 valence electrons. The first kappa shape index (κ1) is 18.0. The Labute approximate surface area is 163 Å². The lowest BCUT2D eigenvalue weighted by molar-refractivity contribution is -0.119. The molecule has 2 aliphatic rings. The highest BCUT2D eigenvalue weighted by atomic mass is 32.2. The first-order valence-electron chi connectivity index (χ1n) is 9.46. The minimum atomic E-state index is -0.0397. The first-order valence-corrected chi connectivity index (χ1v) is 10.3. The molecule has 0 unspecified atom stereocenters. The SMILES string of the molecule is CC(C)N1C(=O)c2cccnc2Sc2cc(NC(=O)C3CCCC3)ccc21. The van der Waals surface area contributed by atoms with Crippen LogP contribution in [0.1, 0.15) is 49.9 Å². The highest BCUT2D eigenvalue weighted by molar-refractivity contribution is 7.99. The van der Waals surface area contributed by atoms with Crippen LogP contribution >= 0.6 is 11.8 Å². The van der Waals surface area contributed by atoms with E-state index in [4.69, 9.17) is 0 Å². The van der Waals surface area contributed by atoms with Crippen LogP contribution in [0.25, 0.3) is 0 Å². The van der Waals surface area contributed by atoms with Crippen LogP contribution in [0.4, 0.5) is 11.4 Å². The van der Waals surface area contributed by atoms with Gasteiger partial charge in [-0.3, -0.25) is 9.59 Å². The number of benzene rings is 1. The number of anilines is 2. The summed E-state index contributed by atoms with van der Waals surface area (Å²) in [5.74, 6) is 0.177. The van der Waals surface area contributed by atoms with Crippen molar-refractivity contribution in [1.29, 1.82) is 0 Å². The van der Waals surface area contributed by atoms with Crippen LogP contribution in [-0.4, -0.2) is 22.8 Å². The Kier molecular flexibility index (Phi) is 4.91. The van der Waals surface area contributed by atoms with E-state index in [9.17, 15) is 9.59 Å². The molecule has 4 rings (SSSR count). The topological polar surface area (TPSA) is 62.3 Å². The average Bonchev–Trinajstić information content (AvgIpc) is 3.15. The molecule has 0 radical (unpaired) electrons. The van der Waals surface area contributed by atoms with Crippen LogP contribution in [0.2, 0.25) is 0 Å². The van der Waals surface area contributed by atoms with Gasteiger partial charge in [-0.1, -0.05) is 24.6 Å². The molecule has 5 nitrogen and oxygen atoms in total. The van der Waals surface area contributed by atoms with Crippen molar-refractivity contribution in [2.24, 2.45) is 5.92 Å². The van der Waals surface area contributed by atoms with E-state index in [1.165, 1.54) is 11.8 Å². The predicted octanol–water partition coefficient (Wildman–Crippen LogP) is 4.73. The molecule has 0 saturated heterocycles. The molecule has 6 heteroatoms. The maximum atomic E-state index is 13.1. The quantitative estimate of drug-likeness (QED) is 0.835. The van der Waals surface area contributed by atoms with E-state index >= 15 is 0 Å². The molecule has 1 saturated carbocycles. The maximum absolute atomic E-state index is 13.1.